The highest BCUT2D eigenvalue weighted by Gasteiger charge is 2.28. The zero-order valence-corrected chi connectivity index (χ0v) is 13.6. The van der Waals surface area contributed by atoms with Gasteiger partial charge in [0.05, 0.1) is 12.8 Å². The Labute approximate surface area is 141 Å². The predicted molar refractivity (Wildman–Crippen MR) is 91.7 cm³/mol. The Kier molecular flexibility index (Phi) is 4.11. The van der Waals surface area contributed by atoms with Crippen LogP contribution in [0, 0.1) is 0 Å². The molecule has 3 aromatic rings. The number of benzene rings is 1. The minimum Gasteiger partial charge on any atom is -0.459 e. The summed E-state index contributed by atoms with van der Waals surface area (Å²) in [6.07, 6.45) is 7.25. The number of rotatable bonds is 4. The minimum atomic E-state index is -0.0487. The van der Waals surface area contributed by atoms with Gasteiger partial charge in [0.1, 0.15) is 11.3 Å². The number of fused-ring (bicyclic) bond motifs is 1. The van der Waals surface area contributed by atoms with E-state index >= 15 is 0 Å². The lowest BCUT2D eigenvalue weighted by atomic mass is 9.94. The molecule has 24 heavy (non-hydrogen) atoms. The molecule has 0 spiro atoms. The van der Waals surface area contributed by atoms with Crippen LogP contribution in [0.1, 0.15) is 48.4 Å². The van der Waals surface area contributed by atoms with Gasteiger partial charge in [0.25, 0.3) is 5.91 Å². The standard InChI is InChI=1S/C20H21NO3/c22-20(19-11-6-12-23-19)21(16-8-2-1-3-9-16)14-17-13-15-7-4-5-10-18(15)24-17/h4-7,10-13,16H,1-3,8-9,14H2. The van der Waals surface area contributed by atoms with Crippen LogP contribution in [0.4, 0.5) is 0 Å². The molecule has 0 unspecified atom stereocenters. The number of hydrogen-bond donors (Lipinski definition) is 0. The third kappa shape index (κ3) is 2.96. The van der Waals surface area contributed by atoms with Crippen molar-refractivity contribution in [3.8, 4) is 0 Å². The van der Waals surface area contributed by atoms with Gasteiger partial charge in [-0.05, 0) is 37.1 Å². The number of nitrogens with zero attached hydrogens (tertiary/aromatic N) is 1. The summed E-state index contributed by atoms with van der Waals surface area (Å²) < 4.78 is 11.3. The van der Waals surface area contributed by atoms with Crippen molar-refractivity contribution in [2.24, 2.45) is 0 Å². The molecule has 2 heterocycles. The molecule has 4 rings (SSSR count). The summed E-state index contributed by atoms with van der Waals surface area (Å²) in [4.78, 5) is 14.8. The van der Waals surface area contributed by atoms with Gasteiger partial charge < -0.3 is 13.7 Å². The molecule has 0 saturated heterocycles. The smallest absolute Gasteiger partial charge is 0.290 e. The molecule has 1 aromatic carbocycles. The zero-order valence-electron chi connectivity index (χ0n) is 13.6. The van der Waals surface area contributed by atoms with Gasteiger partial charge in [-0.3, -0.25) is 4.79 Å². The summed E-state index contributed by atoms with van der Waals surface area (Å²) in [6, 6.07) is 13.7. The van der Waals surface area contributed by atoms with Gasteiger partial charge in [-0.1, -0.05) is 37.5 Å². The number of carbonyl (C=O) groups is 1. The largest absolute Gasteiger partial charge is 0.459 e. The second-order valence-corrected chi connectivity index (χ2v) is 6.45. The molecule has 1 amide bonds. The van der Waals surface area contributed by atoms with E-state index in [9.17, 15) is 4.79 Å². The maximum atomic E-state index is 12.9. The van der Waals surface area contributed by atoms with Gasteiger partial charge in [-0.15, -0.1) is 0 Å². The van der Waals surface area contributed by atoms with Crippen LogP contribution in [0.3, 0.4) is 0 Å². The highest BCUT2D eigenvalue weighted by atomic mass is 16.3. The average molecular weight is 323 g/mol. The third-order valence-corrected chi connectivity index (χ3v) is 4.81. The second kappa shape index (κ2) is 6.56. The number of amides is 1. The van der Waals surface area contributed by atoms with E-state index in [0.717, 1.165) is 29.6 Å². The Hall–Kier alpha value is -2.49. The molecule has 2 aromatic heterocycles. The van der Waals surface area contributed by atoms with Gasteiger partial charge >= 0.3 is 0 Å². The first-order valence-electron chi connectivity index (χ1n) is 8.63. The van der Waals surface area contributed by atoms with Crippen molar-refractivity contribution < 1.29 is 13.6 Å². The van der Waals surface area contributed by atoms with E-state index < -0.39 is 0 Å². The summed E-state index contributed by atoms with van der Waals surface area (Å²) in [5, 5.41) is 1.07. The molecule has 0 N–H and O–H groups in total. The fourth-order valence-electron chi connectivity index (χ4n) is 3.58. The lowest BCUT2D eigenvalue weighted by Crippen LogP contribution is -2.40. The van der Waals surface area contributed by atoms with Gasteiger partial charge in [0, 0.05) is 11.4 Å². The molecule has 0 aliphatic heterocycles. The Morgan fingerprint density at radius 2 is 1.92 bits per heavy atom. The first kappa shape index (κ1) is 15.1. The molecular formula is C20H21NO3. The first-order chi connectivity index (χ1) is 11.8. The van der Waals surface area contributed by atoms with E-state index in [2.05, 4.69) is 0 Å². The molecule has 4 heteroatoms. The number of furan rings is 2. The molecule has 0 atom stereocenters. The normalized spacial score (nSPS) is 15.7. The Morgan fingerprint density at radius 1 is 1.08 bits per heavy atom. The molecule has 124 valence electrons. The topological polar surface area (TPSA) is 46.6 Å². The SMILES string of the molecule is O=C(c1ccco1)N(Cc1cc2ccccc2o1)C1CCCCC1. The summed E-state index contributed by atoms with van der Waals surface area (Å²) in [5.41, 5.74) is 0.863. The van der Waals surface area contributed by atoms with E-state index in [1.54, 1.807) is 18.4 Å². The van der Waals surface area contributed by atoms with Crippen molar-refractivity contribution in [3.63, 3.8) is 0 Å². The third-order valence-electron chi connectivity index (χ3n) is 4.81. The van der Waals surface area contributed by atoms with Gasteiger partial charge in [0.15, 0.2) is 5.76 Å². The average Bonchev–Trinajstić information content (AvgIpc) is 3.29. The van der Waals surface area contributed by atoms with Crippen LogP contribution in [0.15, 0.2) is 57.6 Å². The van der Waals surface area contributed by atoms with Crippen molar-refractivity contribution in [3.05, 3.63) is 60.2 Å². The maximum absolute atomic E-state index is 12.9. The fraction of sp³-hybridized carbons (Fsp3) is 0.350. The molecule has 1 aliphatic carbocycles. The summed E-state index contributed by atoms with van der Waals surface area (Å²) in [7, 11) is 0. The molecule has 1 aliphatic rings. The summed E-state index contributed by atoms with van der Waals surface area (Å²) in [6.45, 7) is 0.485. The summed E-state index contributed by atoms with van der Waals surface area (Å²) >= 11 is 0. The van der Waals surface area contributed by atoms with Crippen LogP contribution in [-0.4, -0.2) is 16.8 Å². The van der Waals surface area contributed by atoms with Crippen LogP contribution in [-0.2, 0) is 6.54 Å². The van der Waals surface area contributed by atoms with Crippen LogP contribution >= 0.6 is 0 Å². The zero-order chi connectivity index (χ0) is 16.4. The molecule has 0 radical (unpaired) electrons. The molecule has 0 bridgehead atoms. The Bertz CT molecular complexity index is 779. The van der Waals surface area contributed by atoms with E-state index in [1.165, 1.54) is 19.3 Å². The van der Waals surface area contributed by atoms with Crippen LogP contribution in [0.2, 0.25) is 0 Å². The quantitative estimate of drug-likeness (QED) is 0.678. The van der Waals surface area contributed by atoms with E-state index in [4.69, 9.17) is 8.83 Å². The van der Waals surface area contributed by atoms with Crippen LogP contribution in [0.5, 0.6) is 0 Å². The predicted octanol–water partition coefficient (Wildman–Crippen LogP) is 5.00. The monoisotopic (exact) mass is 323 g/mol. The second-order valence-electron chi connectivity index (χ2n) is 6.45. The number of para-hydroxylation sites is 1. The van der Waals surface area contributed by atoms with Gasteiger partial charge in [0.2, 0.25) is 0 Å². The minimum absolute atomic E-state index is 0.0487. The van der Waals surface area contributed by atoms with Crippen molar-refractivity contribution in [2.45, 2.75) is 44.7 Å². The first-order valence-corrected chi connectivity index (χ1v) is 8.63. The van der Waals surface area contributed by atoms with Gasteiger partial charge in [-0.25, -0.2) is 0 Å². The highest BCUT2D eigenvalue weighted by molar-refractivity contribution is 5.91. The van der Waals surface area contributed by atoms with Crippen molar-refractivity contribution in [1.82, 2.24) is 4.90 Å². The number of carbonyl (C=O) groups excluding carboxylic acids is 1. The maximum Gasteiger partial charge on any atom is 0.290 e. The van der Waals surface area contributed by atoms with Crippen molar-refractivity contribution in [2.75, 3.05) is 0 Å². The van der Waals surface area contributed by atoms with E-state index in [0.29, 0.717) is 12.3 Å². The lowest BCUT2D eigenvalue weighted by molar-refractivity contribution is 0.0565. The molecule has 1 fully saturated rings. The Balaban J connectivity index is 1.62. The molecule has 4 nitrogen and oxygen atoms in total. The molecule has 1 saturated carbocycles. The van der Waals surface area contributed by atoms with E-state index in [1.807, 2.05) is 35.2 Å². The van der Waals surface area contributed by atoms with Gasteiger partial charge in [-0.2, -0.15) is 0 Å². The van der Waals surface area contributed by atoms with Crippen LogP contribution < -0.4 is 0 Å². The van der Waals surface area contributed by atoms with E-state index in [-0.39, 0.29) is 11.9 Å². The lowest BCUT2D eigenvalue weighted by Gasteiger charge is -2.33. The number of hydrogen-bond acceptors (Lipinski definition) is 3. The van der Waals surface area contributed by atoms with Crippen molar-refractivity contribution in [1.29, 1.82) is 0 Å². The van der Waals surface area contributed by atoms with Crippen molar-refractivity contribution >= 4 is 16.9 Å². The fourth-order valence-corrected chi connectivity index (χ4v) is 3.58. The molecular weight excluding hydrogens is 302 g/mol. The highest BCUT2D eigenvalue weighted by Crippen LogP contribution is 2.27. The van der Waals surface area contributed by atoms with Crippen LogP contribution in [0.25, 0.3) is 11.0 Å². The Morgan fingerprint density at radius 3 is 2.67 bits per heavy atom. The summed E-state index contributed by atoms with van der Waals surface area (Å²) in [5.74, 6) is 1.17.